The summed E-state index contributed by atoms with van der Waals surface area (Å²) in [5, 5.41) is 0.511. The third kappa shape index (κ3) is 2.37. The third-order valence-electron chi connectivity index (χ3n) is 1.14. The van der Waals surface area contributed by atoms with Gasteiger partial charge in [0.05, 0.1) is 5.02 Å². The fourth-order valence-electron chi connectivity index (χ4n) is 0.648. The zero-order valence-corrected chi connectivity index (χ0v) is 8.89. The van der Waals surface area contributed by atoms with Gasteiger partial charge in [0.15, 0.2) is 4.90 Å². The molecule has 11 heavy (non-hydrogen) atoms. The van der Waals surface area contributed by atoms with Crippen molar-refractivity contribution in [2.24, 2.45) is 0 Å². The van der Waals surface area contributed by atoms with Crippen molar-refractivity contribution in [3.63, 3.8) is 0 Å². The van der Waals surface area contributed by atoms with Crippen LogP contribution in [0.5, 0.6) is 0 Å². The molecule has 0 saturated carbocycles. The number of benzene rings is 1. The van der Waals surface area contributed by atoms with Gasteiger partial charge >= 0.3 is 0 Å². The fourth-order valence-corrected chi connectivity index (χ4v) is 2.17. The second-order valence-electron chi connectivity index (χ2n) is 1.95. The highest BCUT2D eigenvalue weighted by molar-refractivity contribution is 9.10. The van der Waals surface area contributed by atoms with E-state index in [9.17, 15) is 4.55 Å². The molecule has 1 rings (SSSR count). The highest BCUT2D eigenvalue weighted by atomic mass is 79.9. The maximum atomic E-state index is 11.0. The first-order valence-corrected chi connectivity index (χ1v) is 5.54. The van der Waals surface area contributed by atoms with Gasteiger partial charge in [-0.1, -0.05) is 27.5 Å². The van der Waals surface area contributed by atoms with Gasteiger partial charge in [0.1, 0.15) is 6.26 Å². The van der Waals surface area contributed by atoms with Crippen molar-refractivity contribution >= 4 is 38.7 Å². The van der Waals surface area contributed by atoms with Crippen LogP contribution in [0.2, 0.25) is 5.02 Å². The lowest BCUT2D eigenvalue weighted by atomic mass is 10.4. The fraction of sp³-hybridized carbons (Fsp3) is 0.143. The lowest BCUT2D eigenvalue weighted by Gasteiger charge is -2.05. The molecule has 1 radical (unpaired) electrons. The van der Waals surface area contributed by atoms with Crippen molar-refractivity contribution in [2.45, 2.75) is 4.90 Å². The number of halogens is 2. The molecule has 1 aromatic rings. The molecule has 0 N–H and O–H groups in total. The average molecular weight is 253 g/mol. The van der Waals surface area contributed by atoms with Gasteiger partial charge in [-0.2, -0.15) is 0 Å². The predicted molar refractivity (Wildman–Crippen MR) is 50.3 cm³/mol. The van der Waals surface area contributed by atoms with Crippen LogP contribution in [0.3, 0.4) is 0 Å². The molecule has 0 aliphatic heterocycles. The Hall–Kier alpha value is 0.300. The van der Waals surface area contributed by atoms with Crippen LogP contribution in [0.25, 0.3) is 0 Å². The maximum absolute atomic E-state index is 11.0. The lowest BCUT2D eigenvalue weighted by molar-refractivity contribution is 0.601. The molecule has 0 amide bonds. The first-order valence-electron chi connectivity index (χ1n) is 2.81. The zero-order valence-electron chi connectivity index (χ0n) is 5.73. The van der Waals surface area contributed by atoms with Crippen LogP contribution in [-0.4, -0.2) is 10.8 Å². The second-order valence-corrected chi connectivity index (χ2v) is 4.56. The van der Waals surface area contributed by atoms with Crippen LogP contribution in [0.4, 0.5) is 0 Å². The van der Waals surface area contributed by atoms with Crippen molar-refractivity contribution in [1.29, 1.82) is 0 Å². The van der Waals surface area contributed by atoms with E-state index < -0.39 is 11.2 Å². The molecule has 59 valence electrons. The summed E-state index contributed by atoms with van der Waals surface area (Å²) in [6.07, 6.45) is 1.59. The number of hydrogen-bond acceptors (Lipinski definition) is 1. The highest BCUT2D eigenvalue weighted by Gasteiger charge is 2.09. The topological polar surface area (TPSA) is 23.1 Å². The largest absolute Gasteiger partial charge is 0.612 e. The van der Waals surface area contributed by atoms with Crippen molar-refractivity contribution in [1.82, 2.24) is 0 Å². The van der Waals surface area contributed by atoms with E-state index in [-0.39, 0.29) is 0 Å². The van der Waals surface area contributed by atoms with Gasteiger partial charge in [-0.25, -0.2) is 0 Å². The molecule has 1 unspecified atom stereocenters. The Bertz CT molecular complexity index is 265. The monoisotopic (exact) mass is 251 g/mol. The summed E-state index contributed by atoms with van der Waals surface area (Å²) >= 11 is 7.96. The first kappa shape index (κ1) is 9.39. The van der Waals surface area contributed by atoms with Crippen LogP contribution in [0, 0.1) is 6.07 Å². The molecular formula is C7H5BrClOS. The van der Waals surface area contributed by atoms with Crippen molar-refractivity contribution in [3.8, 4) is 0 Å². The van der Waals surface area contributed by atoms with E-state index in [1.807, 2.05) is 0 Å². The van der Waals surface area contributed by atoms with Crippen molar-refractivity contribution in [2.75, 3.05) is 6.26 Å². The molecule has 0 fully saturated rings. The number of rotatable bonds is 1. The molecule has 0 saturated heterocycles. The van der Waals surface area contributed by atoms with E-state index in [0.29, 0.717) is 9.92 Å². The van der Waals surface area contributed by atoms with Gasteiger partial charge < -0.3 is 4.55 Å². The minimum atomic E-state index is -1.03. The summed E-state index contributed by atoms with van der Waals surface area (Å²) in [6.45, 7) is 0. The summed E-state index contributed by atoms with van der Waals surface area (Å²) in [6, 6.07) is 6.17. The standard InChI is InChI=1S/C7H5BrClOS/c1-11(10)7-3-2-5(8)4-6(7)9/h3-4H,1H3. The van der Waals surface area contributed by atoms with Crippen molar-refractivity contribution < 1.29 is 4.55 Å². The Labute approximate surface area is 82.1 Å². The molecular weight excluding hydrogens is 247 g/mol. The third-order valence-corrected chi connectivity index (χ3v) is 2.98. The zero-order chi connectivity index (χ0) is 8.43. The summed E-state index contributed by atoms with van der Waals surface area (Å²) < 4.78 is 11.7. The molecule has 1 nitrogen and oxygen atoms in total. The van der Waals surface area contributed by atoms with Crippen LogP contribution in [0.1, 0.15) is 0 Å². The summed E-state index contributed by atoms with van der Waals surface area (Å²) in [5.41, 5.74) is 0. The Kier molecular flexibility index (Phi) is 3.25. The number of hydrogen-bond donors (Lipinski definition) is 0. The second kappa shape index (κ2) is 3.81. The first-order chi connectivity index (χ1) is 5.11. The highest BCUT2D eigenvalue weighted by Crippen LogP contribution is 2.24. The minimum Gasteiger partial charge on any atom is -0.612 e. The minimum absolute atomic E-state index is 0.511. The smallest absolute Gasteiger partial charge is 0.171 e. The summed E-state index contributed by atoms with van der Waals surface area (Å²) in [5.74, 6) is 0. The van der Waals surface area contributed by atoms with Gasteiger partial charge in [0, 0.05) is 16.6 Å². The predicted octanol–water partition coefficient (Wildman–Crippen LogP) is 2.64. The SMILES string of the molecule is C[S+]([O-])c1c[c]c(Br)cc1Cl. The Balaban J connectivity index is 3.09. The van der Waals surface area contributed by atoms with E-state index in [0.717, 1.165) is 4.47 Å². The van der Waals surface area contributed by atoms with Gasteiger partial charge in [-0.3, -0.25) is 0 Å². The van der Waals surface area contributed by atoms with E-state index in [1.165, 1.54) is 0 Å². The molecule has 1 aromatic carbocycles. The quantitative estimate of drug-likeness (QED) is 0.705. The van der Waals surface area contributed by atoms with E-state index in [4.69, 9.17) is 11.6 Å². The average Bonchev–Trinajstić information content (AvgIpc) is 1.85. The van der Waals surface area contributed by atoms with Gasteiger partial charge in [-0.05, 0) is 17.2 Å². The molecule has 0 heterocycles. The Morgan fingerprint density at radius 2 is 2.36 bits per heavy atom. The molecule has 0 bridgehead atoms. The molecule has 0 aliphatic rings. The Morgan fingerprint density at radius 1 is 1.73 bits per heavy atom. The Morgan fingerprint density at radius 3 is 2.82 bits per heavy atom. The molecule has 0 spiro atoms. The van der Waals surface area contributed by atoms with E-state index in [1.54, 1.807) is 18.4 Å². The van der Waals surface area contributed by atoms with Gasteiger partial charge in [0.2, 0.25) is 0 Å². The van der Waals surface area contributed by atoms with Crippen molar-refractivity contribution in [3.05, 3.63) is 27.7 Å². The molecule has 0 aromatic heterocycles. The maximum Gasteiger partial charge on any atom is 0.171 e. The molecule has 0 aliphatic carbocycles. The normalized spacial score (nSPS) is 13.1. The van der Waals surface area contributed by atoms with Crippen LogP contribution in [0.15, 0.2) is 21.5 Å². The van der Waals surface area contributed by atoms with Crippen LogP contribution >= 0.6 is 27.5 Å². The summed E-state index contributed by atoms with van der Waals surface area (Å²) in [4.78, 5) is 0.620. The summed E-state index contributed by atoms with van der Waals surface area (Å²) in [7, 11) is 0. The van der Waals surface area contributed by atoms with E-state index in [2.05, 4.69) is 22.0 Å². The van der Waals surface area contributed by atoms with Crippen LogP contribution < -0.4 is 0 Å². The molecule has 1 atom stereocenters. The lowest BCUT2D eigenvalue weighted by Crippen LogP contribution is -1.97. The molecule has 4 heteroatoms. The van der Waals surface area contributed by atoms with Crippen LogP contribution in [-0.2, 0) is 11.2 Å². The van der Waals surface area contributed by atoms with Gasteiger partial charge in [0.25, 0.3) is 0 Å². The van der Waals surface area contributed by atoms with E-state index >= 15 is 0 Å². The van der Waals surface area contributed by atoms with Gasteiger partial charge in [-0.15, -0.1) is 0 Å².